The zero-order valence-electron chi connectivity index (χ0n) is 11.5. The van der Waals surface area contributed by atoms with E-state index in [0.29, 0.717) is 0 Å². The normalized spacial score (nSPS) is 13.4. The number of carbonyl (C=O) groups is 2. The fourth-order valence-corrected chi connectivity index (χ4v) is 2.03. The predicted molar refractivity (Wildman–Crippen MR) is 67.7 cm³/mol. The molecule has 0 aromatic rings. The first-order chi connectivity index (χ1) is 7.43. The van der Waals surface area contributed by atoms with Crippen LogP contribution in [0.25, 0.3) is 0 Å². The quantitative estimate of drug-likeness (QED) is 0.742. The first-order valence-corrected chi connectivity index (χ1v) is 5.67. The van der Waals surface area contributed by atoms with Crippen LogP contribution in [0.4, 0.5) is 0 Å². The average Bonchev–Trinajstić information content (AvgIpc) is 1.95. The molecule has 0 bridgehead atoms. The average molecular weight is 241 g/mol. The van der Waals surface area contributed by atoms with Crippen LogP contribution < -0.4 is 5.32 Å². The molecule has 0 radical (unpaired) electrons. The number of hydrogen-bond donors (Lipinski definition) is 2. The highest BCUT2D eigenvalue weighted by Crippen LogP contribution is 2.26. The van der Waals surface area contributed by atoms with Crippen molar-refractivity contribution in [3.8, 4) is 0 Å². The number of carbonyl (C=O) groups excluding carboxylic acids is 1. The summed E-state index contributed by atoms with van der Waals surface area (Å²) in [6.45, 7) is 11.7. The Balaban J connectivity index is 4.63. The van der Waals surface area contributed by atoms with Crippen LogP contribution in [-0.2, 0) is 9.59 Å². The zero-order valence-corrected chi connectivity index (χ0v) is 11.5. The van der Waals surface area contributed by atoms with Gasteiger partial charge in [-0.1, -0.05) is 20.8 Å². The summed E-state index contributed by atoms with van der Waals surface area (Å²) >= 11 is 0. The third kappa shape index (κ3) is 7.55. The van der Waals surface area contributed by atoms with E-state index in [9.17, 15) is 9.59 Å². The van der Waals surface area contributed by atoms with E-state index < -0.39 is 5.97 Å². The van der Waals surface area contributed by atoms with Gasteiger partial charge in [0.2, 0.25) is 5.91 Å². The van der Waals surface area contributed by atoms with Gasteiger partial charge in [0, 0.05) is 17.2 Å². The van der Waals surface area contributed by atoms with E-state index in [0.717, 1.165) is 12.5 Å². The molecule has 98 valence electrons. The van der Waals surface area contributed by atoms with Gasteiger partial charge in [0.25, 0.3) is 0 Å². The molecule has 0 unspecified atom stereocenters. The zero-order chi connectivity index (χ0) is 13.9. The van der Waals surface area contributed by atoms with Gasteiger partial charge < -0.3 is 10.4 Å². The standard InChI is InChI=1S/C13H23NO3/c1-9(7-10(15)16)11(17)14-13(5,6)8-12(2,3)4/h7H,8H2,1-6H3,(H,14,17)(H,15,16)/b9-7-. The lowest BCUT2D eigenvalue weighted by Crippen LogP contribution is -2.46. The van der Waals surface area contributed by atoms with Crippen molar-refractivity contribution in [3.05, 3.63) is 11.6 Å². The van der Waals surface area contributed by atoms with Gasteiger partial charge in [0.15, 0.2) is 0 Å². The Labute approximate surface area is 103 Å². The highest BCUT2D eigenvalue weighted by molar-refractivity contribution is 5.98. The second-order valence-electron chi connectivity index (χ2n) is 6.24. The monoisotopic (exact) mass is 241 g/mol. The highest BCUT2D eigenvalue weighted by Gasteiger charge is 2.27. The third-order valence-corrected chi connectivity index (χ3v) is 2.12. The molecule has 0 aliphatic carbocycles. The maximum atomic E-state index is 11.7. The Bertz CT molecular complexity index is 335. The van der Waals surface area contributed by atoms with Gasteiger partial charge >= 0.3 is 5.97 Å². The molecular weight excluding hydrogens is 218 g/mol. The van der Waals surface area contributed by atoms with E-state index in [4.69, 9.17) is 5.11 Å². The molecule has 17 heavy (non-hydrogen) atoms. The largest absolute Gasteiger partial charge is 0.478 e. The summed E-state index contributed by atoms with van der Waals surface area (Å²) in [5.74, 6) is -1.44. The van der Waals surface area contributed by atoms with Crippen LogP contribution in [0.3, 0.4) is 0 Å². The molecule has 0 heterocycles. The van der Waals surface area contributed by atoms with Crippen LogP contribution >= 0.6 is 0 Å². The molecule has 0 saturated heterocycles. The SMILES string of the molecule is C/C(=C/C(=O)O)C(=O)NC(C)(C)CC(C)(C)C. The molecule has 0 atom stereocenters. The van der Waals surface area contributed by atoms with Crippen LogP contribution in [0.1, 0.15) is 48.0 Å². The molecular formula is C13H23NO3. The van der Waals surface area contributed by atoms with Gasteiger partial charge in [-0.15, -0.1) is 0 Å². The van der Waals surface area contributed by atoms with Crippen molar-refractivity contribution in [1.82, 2.24) is 5.32 Å². The summed E-state index contributed by atoms with van der Waals surface area (Å²) < 4.78 is 0. The molecule has 0 aliphatic heterocycles. The van der Waals surface area contributed by atoms with E-state index in [-0.39, 0.29) is 22.4 Å². The fraction of sp³-hybridized carbons (Fsp3) is 0.692. The van der Waals surface area contributed by atoms with Gasteiger partial charge in [0.05, 0.1) is 0 Å². The molecule has 4 nitrogen and oxygen atoms in total. The van der Waals surface area contributed by atoms with Crippen LogP contribution in [-0.4, -0.2) is 22.5 Å². The van der Waals surface area contributed by atoms with Crippen molar-refractivity contribution < 1.29 is 14.7 Å². The lowest BCUT2D eigenvalue weighted by atomic mass is 9.81. The topological polar surface area (TPSA) is 66.4 Å². The molecule has 0 aromatic carbocycles. The van der Waals surface area contributed by atoms with Gasteiger partial charge in [-0.2, -0.15) is 0 Å². The number of nitrogens with one attached hydrogen (secondary N) is 1. The summed E-state index contributed by atoms with van der Waals surface area (Å²) in [4.78, 5) is 22.2. The van der Waals surface area contributed by atoms with Crippen LogP contribution in [0.5, 0.6) is 0 Å². The maximum absolute atomic E-state index is 11.7. The lowest BCUT2D eigenvalue weighted by Gasteiger charge is -2.33. The first kappa shape index (κ1) is 15.7. The van der Waals surface area contributed by atoms with E-state index >= 15 is 0 Å². The van der Waals surface area contributed by atoms with E-state index in [2.05, 4.69) is 26.1 Å². The van der Waals surface area contributed by atoms with E-state index in [1.807, 2.05) is 13.8 Å². The van der Waals surface area contributed by atoms with Gasteiger partial charge in [-0.3, -0.25) is 4.79 Å². The minimum Gasteiger partial charge on any atom is -0.478 e. The number of carboxylic acid groups (broad SMARTS) is 1. The van der Waals surface area contributed by atoms with Gasteiger partial charge in [0.1, 0.15) is 0 Å². The van der Waals surface area contributed by atoms with Gasteiger partial charge in [-0.05, 0) is 32.6 Å². The summed E-state index contributed by atoms with van der Waals surface area (Å²) in [5, 5.41) is 11.4. The van der Waals surface area contributed by atoms with E-state index in [1.54, 1.807) is 0 Å². The van der Waals surface area contributed by atoms with Crippen molar-refractivity contribution in [3.63, 3.8) is 0 Å². The van der Waals surface area contributed by atoms with Crippen LogP contribution in [0, 0.1) is 5.41 Å². The molecule has 0 rings (SSSR count). The second-order valence-corrected chi connectivity index (χ2v) is 6.24. The summed E-state index contributed by atoms with van der Waals surface area (Å²) in [7, 11) is 0. The minimum atomic E-state index is -1.11. The Morgan fingerprint density at radius 1 is 1.18 bits per heavy atom. The van der Waals surface area contributed by atoms with Crippen molar-refractivity contribution in [2.24, 2.45) is 5.41 Å². The molecule has 0 spiro atoms. The Morgan fingerprint density at radius 3 is 2.00 bits per heavy atom. The summed E-state index contributed by atoms with van der Waals surface area (Å²) in [5.41, 5.74) is -0.0519. The minimum absolute atomic E-state index is 0.0984. The molecule has 0 aliphatic rings. The molecule has 2 N–H and O–H groups in total. The number of rotatable bonds is 4. The Hall–Kier alpha value is -1.32. The lowest BCUT2D eigenvalue weighted by molar-refractivity contribution is -0.132. The fourth-order valence-electron chi connectivity index (χ4n) is 2.03. The van der Waals surface area contributed by atoms with Gasteiger partial charge in [-0.25, -0.2) is 4.79 Å². The van der Waals surface area contributed by atoms with Crippen molar-refractivity contribution in [2.45, 2.75) is 53.5 Å². The molecule has 1 amide bonds. The smallest absolute Gasteiger partial charge is 0.328 e. The Morgan fingerprint density at radius 2 is 1.65 bits per heavy atom. The number of carboxylic acids is 1. The predicted octanol–water partition coefficient (Wildman–Crippen LogP) is 2.35. The molecule has 0 fully saturated rings. The van der Waals surface area contributed by atoms with Crippen molar-refractivity contribution in [1.29, 1.82) is 0 Å². The highest BCUT2D eigenvalue weighted by atomic mass is 16.4. The number of amides is 1. The summed E-state index contributed by atoms with van der Waals surface area (Å²) in [6, 6.07) is 0. The third-order valence-electron chi connectivity index (χ3n) is 2.12. The van der Waals surface area contributed by atoms with Crippen molar-refractivity contribution >= 4 is 11.9 Å². The van der Waals surface area contributed by atoms with Crippen molar-refractivity contribution in [2.75, 3.05) is 0 Å². The number of aliphatic carboxylic acids is 1. The van der Waals surface area contributed by atoms with E-state index in [1.165, 1.54) is 6.92 Å². The number of hydrogen-bond acceptors (Lipinski definition) is 2. The second kappa shape index (κ2) is 5.34. The summed E-state index contributed by atoms with van der Waals surface area (Å²) in [6.07, 6.45) is 1.73. The molecule has 0 saturated carbocycles. The van der Waals surface area contributed by atoms with Crippen LogP contribution in [0.15, 0.2) is 11.6 Å². The maximum Gasteiger partial charge on any atom is 0.328 e. The molecule has 4 heteroatoms. The van der Waals surface area contributed by atoms with Crippen LogP contribution in [0.2, 0.25) is 0 Å². The first-order valence-electron chi connectivity index (χ1n) is 5.67. The Kier molecular flexibility index (Phi) is 4.93. The molecule has 0 aromatic heterocycles.